The van der Waals surface area contributed by atoms with Crippen LogP contribution in [0, 0.1) is 5.92 Å². The molecule has 28 heavy (non-hydrogen) atoms. The number of nitrogens with zero attached hydrogens (tertiary/aromatic N) is 4. The van der Waals surface area contributed by atoms with Gasteiger partial charge in [0.2, 0.25) is 5.95 Å². The lowest BCUT2D eigenvalue weighted by Crippen LogP contribution is -2.37. The number of thiocarbonyl (C=S) groups is 1. The topological polar surface area (TPSA) is 65.5 Å². The summed E-state index contributed by atoms with van der Waals surface area (Å²) in [5.74, 6) is 3.30. The van der Waals surface area contributed by atoms with Crippen LogP contribution >= 0.6 is 12.2 Å². The molecule has 1 aromatic heterocycles. The van der Waals surface area contributed by atoms with Crippen molar-refractivity contribution < 1.29 is 4.74 Å². The molecule has 0 aliphatic carbocycles. The third kappa shape index (κ3) is 5.03. The molecule has 8 heteroatoms. The Kier molecular flexibility index (Phi) is 6.47. The second kappa shape index (κ2) is 9.22. The number of nitrogens with one attached hydrogen (secondary N) is 2. The van der Waals surface area contributed by atoms with Gasteiger partial charge < -0.3 is 25.2 Å². The van der Waals surface area contributed by atoms with Gasteiger partial charge in [-0.2, -0.15) is 9.97 Å². The van der Waals surface area contributed by atoms with Gasteiger partial charge in [0, 0.05) is 45.4 Å². The van der Waals surface area contributed by atoms with Crippen molar-refractivity contribution in [1.29, 1.82) is 0 Å². The van der Waals surface area contributed by atoms with E-state index in [0.29, 0.717) is 17.0 Å². The zero-order chi connectivity index (χ0) is 19.3. The minimum Gasteiger partial charge on any atom is -0.376 e. The Labute approximate surface area is 173 Å². The summed E-state index contributed by atoms with van der Waals surface area (Å²) in [7, 11) is 0. The molecule has 2 atom stereocenters. The number of rotatable bonds is 5. The Morgan fingerprint density at radius 2 is 1.86 bits per heavy atom. The van der Waals surface area contributed by atoms with Gasteiger partial charge in [-0.15, -0.1) is 0 Å². The van der Waals surface area contributed by atoms with Gasteiger partial charge in [0.1, 0.15) is 11.6 Å². The Morgan fingerprint density at radius 1 is 1.11 bits per heavy atom. The Hall–Kier alpha value is -1.67. The van der Waals surface area contributed by atoms with Gasteiger partial charge in [0.25, 0.3) is 0 Å². The van der Waals surface area contributed by atoms with Crippen molar-refractivity contribution in [3.05, 3.63) is 6.07 Å². The van der Waals surface area contributed by atoms with Crippen LogP contribution < -0.4 is 20.4 Å². The molecule has 3 aliphatic heterocycles. The average Bonchev–Trinajstić information content (AvgIpc) is 3.40. The molecule has 0 radical (unpaired) electrons. The fraction of sp³-hybridized carbons (Fsp3) is 0.750. The molecule has 154 valence electrons. The molecule has 0 bridgehead atoms. The smallest absolute Gasteiger partial charge is 0.232 e. The molecule has 0 unspecified atom stereocenters. The molecule has 7 nitrogen and oxygen atoms in total. The number of ether oxygens (including phenoxy) is 1. The van der Waals surface area contributed by atoms with Gasteiger partial charge in [-0.3, -0.25) is 0 Å². The Bertz CT molecular complexity index is 675. The van der Waals surface area contributed by atoms with Crippen LogP contribution in [0.15, 0.2) is 6.07 Å². The Balaban J connectivity index is 1.47. The molecule has 0 aromatic carbocycles. The lowest BCUT2D eigenvalue weighted by molar-refractivity contribution is 0.114. The van der Waals surface area contributed by atoms with Crippen molar-refractivity contribution in [2.45, 2.75) is 51.6 Å². The van der Waals surface area contributed by atoms with Gasteiger partial charge in [-0.25, -0.2) is 0 Å². The van der Waals surface area contributed by atoms with E-state index in [9.17, 15) is 0 Å². The number of piperidine rings is 1. The minimum atomic E-state index is 0.252. The maximum atomic E-state index is 5.65. The third-order valence-electron chi connectivity index (χ3n) is 5.85. The zero-order valence-corrected chi connectivity index (χ0v) is 17.6. The quantitative estimate of drug-likeness (QED) is 0.727. The second-order valence-electron chi connectivity index (χ2n) is 8.27. The highest BCUT2D eigenvalue weighted by Crippen LogP contribution is 2.27. The van der Waals surface area contributed by atoms with Gasteiger partial charge in [-0.1, -0.05) is 6.92 Å². The van der Waals surface area contributed by atoms with Crippen LogP contribution in [0.2, 0.25) is 0 Å². The van der Waals surface area contributed by atoms with E-state index in [2.05, 4.69) is 33.4 Å². The van der Waals surface area contributed by atoms with E-state index in [-0.39, 0.29) is 6.10 Å². The van der Waals surface area contributed by atoms with E-state index >= 15 is 0 Å². The highest BCUT2D eigenvalue weighted by Gasteiger charge is 2.22. The lowest BCUT2D eigenvalue weighted by atomic mass is 10.0. The second-order valence-corrected chi connectivity index (χ2v) is 8.67. The highest BCUT2D eigenvalue weighted by molar-refractivity contribution is 7.80. The summed E-state index contributed by atoms with van der Waals surface area (Å²) in [6, 6.07) is 2.15. The fourth-order valence-corrected chi connectivity index (χ4v) is 4.48. The third-order valence-corrected chi connectivity index (χ3v) is 6.10. The van der Waals surface area contributed by atoms with E-state index in [0.717, 1.165) is 63.8 Å². The first-order chi connectivity index (χ1) is 13.7. The van der Waals surface area contributed by atoms with E-state index < -0.39 is 0 Å². The van der Waals surface area contributed by atoms with Gasteiger partial charge in [-0.05, 0) is 56.7 Å². The lowest BCUT2D eigenvalue weighted by Gasteiger charge is -2.32. The maximum Gasteiger partial charge on any atom is 0.232 e. The molecule has 0 amide bonds. The van der Waals surface area contributed by atoms with Crippen molar-refractivity contribution in [3.63, 3.8) is 0 Å². The average molecular weight is 405 g/mol. The zero-order valence-electron chi connectivity index (χ0n) is 16.8. The van der Waals surface area contributed by atoms with Crippen molar-refractivity contribution >= 4 is 34.9 Å². The fourth-order valence-electron chi connectivity index (χ4n) is 4.30. The summed E-state index contributed by atoms with van der Waals surface area (Å²) >= 11 is 5.48. The molecule has 3 fully saturated rings. The van der Waals surface area contributed by atoms with Crippen molar-refractivity contribution in [3.8, 4) is 0 Å². The highest BCUT2D eigenvalue weighted by atomic mass is 32.1. The number of aromatic nitrogens is 2. The predicted octanol–water partition coefficient (Wildman–Crippen LogP) is 2.78. The van der Waals surface area contributed by atoms with E-state index in [4.69, 9.17) is 26.9 Å². The van der Waals surface area contributed by atoms with Crippen LogP contribution in [0.3, 0.4) is 0 Å². The molecule has 0 spiro atoms. The van der Waals surface area contributed by atoms with Crippen molar-refractivity contribution in [2.75, 3.05) is 54.4 Å². The SMILES string of the molecule is C[C@@H]1CCCN(c2cc(N3CCCC3)nc(NC(=S)NC[C@@H]3CCCO3)n2)C1. The van der Waals surface area contributed by atoms with E-state index in [1.54, 1.807) is 0 Å². The Morgan fingerprint density at radius 3 is 2.57 bits per heavy atom. The van der Waals surface area contributed by atoms with Gasteiger partial charge >= 0.3 is 0 Å². The predicted molar refractivity (Wildman–Crippen MR) is 117 cm³/mol. The van der Waals surface area contributed by atoms with Gasteiger partial charge in [0.05, 0.1) is 6.10 Å². The summed E-state index contributed by atoms with van der Waals surface area (Å²) in [5.41, 5.74) is 0. The van der Waals surface area contributed by atoms with Crippen molar-refractivity contribution in [1.82, 2.24) is 15.3 Å². The number of hydrogen-bond acceptors (Lipinski definition) is 6. The standard InChI is InChI=1S/C20H32N6OS/c1-15-6-4-10-26(14-15)18-12-17(25-8-2-3-9-25)22-19(23-18)24-20(28)21-13-16-7-5-11-27-16/h12,15-16H,2-11,13-14H2,1H3,(H2,21,22,23,24,28)/t15-,16+/m1/s1. The van der Waals surface area contributed by atoms with Crippen LogP contribution in [-0.4, -0.2) is 60.5 Å². The first-order valence-corrected chi connectivity index (χ1v) is 11.1. The van der Waals surface area contributed by atoms with Crippen molar-refractivity contribution in [2.24, 2.45) is 5.92 Å². The largest absolute Gasteiger partial charge is 0.376 e. The summed E-state index contributed by atoms with van der Waals surface area (Å²) in [6.45, 7) is 8.14. The molecular formula is C20H32N6OS. The van der Waals surface area contributed by atoms with Crippen LogP contribution in [-0.2, 0) is 4.74 Å². The molecule has 1 aromatic rings. The van der Waals surface area contributed by atoms with Crippen LogP contribution in [0.4, 0.5) is 17.6 Å². The summed E-state index contributed by atoms with van der Waals surface area (Å²) in [5, 5.41) is 7.03. The molecule has 3 aliphatic rings. The minimum absolute atomic E-state index is 0.252. The summed E-state index contributed by atoms with van der Waals surface area (Å²) in [4.78, 5) is 14.3. The first kappa shape index (κ1) is 19.6. The molecule has 4 rings (SSSR count). The van der Waals surface area contributed by atoms with Crippen LogP contribution in [0.5, 0.6) is 0 Å². The maximum absolute atomic E-state index is 5.65. The molecular weight excluding hydrogens is 372 g/mol. The molecule has 2 N–H and O–H groups in total. The first-order valence-electron chi connectivity index (χ1n) is 10.7. The number of hydrogen-bond donors (Lipinski definition) is 2. The van der Waals surface area contributed by atoms with Crippen LogP contribution in [0.25, 0.3) is 0 Å². The van der Waals surface area contributed by atoms with E-state index in [1.807, 2.05) is 0 Å². The summed E-state index contributed by atoms with van der Waals surface area (Å²) < 4.78 is 5.65. The van der Waals surface area contributed by atoms with E-state index in [1.165, 1.54) is 25.7 Å². The molecule has 0 saturated carbocycles. The molecule has 4 heterocycles. The van der Waals surface area contributed by atoms with Gasteiger partial charge in [0.15, 0.2) is 5.11 Å². The van der Waals surface area contributed by atoms with Crippen LogP contribution in [0.1, 0.15) is 45.4 Å². The summed E-state index contributed by atoms with van der Waals surface area (Å²) in [6.07, 6.45) is 7.44. The number of anilines is 3. The normalized spacial score (nSPS) is 25.2. The monoisotopic (exact) mass is 404 g/mol. The molecule has 3 saturated heterocycles.